The van der Waals surface area contributed by atoms with Gasteiger partial charge in [0.15, 0.2) is 0 Å². The van der Waals surface area contributed by atoms with Gasteiger partial charge in [0.1, 0.15) is 0 Å². The number of rotatable bonds is 2. The Morgan fingerprint density at radius 1 is 1.25 bits per heavy atom. The van der Waals surface area contributed by atoms with Gasteiger partial charge in [0, 0.05) is 12.1 Å². The Morgan fingerprint density at radius 3 is 2.25 bits per heavy atom. The molecule has 0 radical (unpaired) electrons. The summed E-state index contributed by atoms with van der Waals surface area (Å²) in [6.45, 7) is 2.15. The Morgan fingerprint density at radius 2 is 1.83 bits per heavy atom. The second kappa shape index (κ2) is 4.24. The van der Waals surface area contributed by atoms with Crippen molar-refractivity contribution in [2.24, 2.45) is 11.7 Å². The van der Waals surface area contributed by atoms with E-state index in [0.717, 1.165) is 6.04 Å². The van der Waals surface area contributed by atoms with Gasteiger partial charge in [0.2, 0.25) is 0 Å². The van der Waals surface area contributed by atoms with Gasteiger partial charge in [-0.3, -0.25) is 0 Å². The third kappa shape index (κ3) is 2.20. The van der Waals surface area contributed by atoms with E-state index < -0.39 is 0 Å². The molecule has 0 bridgehead atoms. The van der Waals surface area contributed by atoms with Crippen LogP contribution in [0.3, 0.4) is 0 Å². The number of hydrogen-bond donors (Lipinski definition) is 1. The van der Waals surface area contributed by atoms with Crippen LogP contribution in [0.15, 0.2) is 0 Å². The minimum atomic E-state index is 0.359. The first-order valence-electron chi connectivity index (χ1n) is 5.05. The van der Waals surface area contributed by atoms with Crippen LogP contribution in [0.4, 0.5) is 0 Å². The molecule has 1 aliphatic rings. The first-order chi connectivity index (χ1) is 5.63. The highest BCUT2D eigenvalue weighted by atomic mass is 15.1. The second-order valence-corrected chi connectivity index (χ2v) is 4.34. The maximum Gasteiger partial charge on any atom is 0.0132 e. The Labute approximate surface area is 76.1 Å². The molecule has 3 unspecified atom stereocenters. The zero-order valence-electron chi connectivity index (χ0n) is 8.59. The quantitative estimate of drug-likeness (QED) is 0.679. The first kappa shape index (κ1) is 10.0. The van der Waals surface area contributed by atoms with Crippen molar-refractivity contribution in [1.82, 2.24) is 4.90 Å². The molecule has 1 saturated carbocycles. The Balaban J connectivity index is 2.54. The van der Waals surface area contributed by atoms with Gasteiger partial charge in [-0.2, -0.15) is 0 Å². The number of nitrogens with two attached hydrogens (primary N) is 1. The normalized spacial score (nSPS) is 33.8. The highest BCUT2D eigenvalue weighted by molar-refractivity contribution is 4.85. The molecule has 0 spiro atoms. The molecule has 12 heavy (non-hydrogen) atoms. The van der Waals surface area contributed by atoms with E-state index in [0.29, 0.717) is 12.0 Å². The molecule has 0 aromatic carbocycles. The number of nitrogens with zero attached hydrogens (tertiary/aromatic N) is 1. The zero-order valence-corrected chi connectivity index (χ0v) is 8.59. The van der Waals surface area contributed by atoms with Crippen molar-refractivity contribution >= 4 is 0 Å². The van der Waals surface area contributed by atoms with Gasteiger partial charge in [-0.25, -0.2) is 0 Å². The van der Waals surface area contributed by atoms with E-state index in [9.17, 15) is 0 Å². The van der Waals surface area contributed by atoms with Gasteiger partial charge in [-0.05, 0) is 39.8 Å². The van der Waals surface area contributed by atoms with Crippen molar-refractivity contribution in [2.75, 3.05) is 14.1 Å². The lowest BCUT2D eigenvalue weighted by molar-refractivity contribution is 0.139. The van der Waals surface area contributed by atoms with Crippen LogP contribution in [0.25, 0.3) is 0 Å². The largest absolute Gasteiger partial charge is 0.328 e. The van der Waals surface area contributed by atoms with Gasteiger partial charge in [-0.15, -0.1) is 0 Å². The summed E-state index contributed by atoms with van der Waals surface area (Å²) >= 11 is 0. The highest BCUT2D eigenvalue weighted by Gasteiger charge is 2.28. The van der Waals surface area contributed by atoms with Crippen LogP contribution in [0, 0.1) is 5.92 Å². The molecule has 0 amide bonds. The Hall–Kier alpha value is -0.0800. The fourth-order valence-electron chi connectivity index (χ4n) is 2.39. The third-order valence-corrected chi connectivity index (χ3v) is 3.12. The van der Waals surface area contributed by atoms with E-state index in [1.807, 2.05) is 0 Å². The Kier molecular flexibility index (Phi) is 3.53. The molecule has 1 fully saturated rings. The average Bonchev–Trinajstić information content (AvgIpc) is 2.04. The maximum atomic E-state index is 5.97. The average molecular weight is 170 g/mol. The van der Waals surface area contributed by atoms with Gasteiger partial charge in [0.05, 0.1) is 0 Å². The Bertz CT molecular complexity index is 116. The van der Waals surface area contributed by atoms with Crippen LogP contribution in [-0.2, 0) is 0 Å². The predicted octanol–water partition coefficient (Wildman–Crippen LogP) is 1.45. The summed E-state index contributed by atoms with van der Waals surface area (Å²) in [6, 6.07) is 1.08. The molecule has 2 heteroatoms. The van der Waals surface area contributed by atoms with E-state index in [1.54, 1.807) is 0 Å². The summed E-state index contributed by atoms with van der Waals surface area (Å²) in [5.41, 5.74) is 5.97. The third-order valence-electron chi connectivity index (χ3n) is 3.12. The number of hydrogen-bond acceptors (Lipinski definition) is 2. The standard InChI is InChI=1S/C10H22N2/c1-8(11)9-6-4-5-7-10(9)12(2)3/h8-10H,4-7,11H2,1-3H3. The van der Waals surface area contributed by atoms with Gasteiger partial charge in [0.25, 0.3) is 0 Å². The van der Waals surface area contributed by atoms with Gasteiger partial charge < -0.3 is 10.6 Å². The van der Waals surface area contributed by atoms with E-state index in [4.69, 9.17) is 5.73 Å². The van der Waals surface area contributed by atoms with Crippen LogP contribution < -0.4 is 5.73 Å². The lowest BCUT2D eigenvalue weighted by Crippen LogP contribution is -2.45. The molecule has 0 heterocycles. The SMILES string of the molecule is CC(N)C1CCCCC1N(C)C. The summed E-state index contributed by atoms with van der Waals surface area (Å²) in [5.74, 6) is 0.716. The fraction of sp³-hybridized carbons (Fsp3) is 1.00. The molecule has 2 N–H and O–H groups in total. The first-order valence-corrected chi connectivity index (χ1v) is 5.05. The minimum Gasteiger partial charge on any atom is -0.328 e. The molecule has 72 valence electrons. The minimum absolute atomic E-state index is 0.359. The second-order valence-electron chi connectivity index (χ2n) is 4.34. The van der Waals surface area contributed by atoms with Crippen LogP contribution in [-0.4, -0.2) is 31.1 Å². The van der Waals surface area contributed by atoms with Crippen molar-refractivity contribution < 1.29 is 0 Å². The summed E-state index contributed by atoms with van der Waals surface area (Å²) in [7, 11) is 4.34. The van der Waals surface area contributed by atoms with Crippen molar-refractivity contribution in [3.63, 3.8) is 0 Å². The lowest BCUT2D eigenvalue weighted by atomic mass is 9.80. The molecule has 2 nitrogen and oxygen atoms in total. The van der Waals surface area contributed by atoms with Crippen LogP contribution in [0.1, 0.15) is 32.6 Å². The van der Waals surface area contributed by atoms with E-state index in [-0.39, 0.29) is 0 Å². The van der Waals surface area contributed by atoms with Crippen LogP contribution in [0.5, 0.6) is 0 Å². The molecule has 1 aliphatic carbocycles. The lowest BCUT2D eigenvalue weighted by Gasteiger charge is -2.38. The fourth-order valence-corrected chi connectivity index (χ4v) is 2.39. The van der Waals surface area contributed by atoms with Crippen molar-refractivity contribution in [3.8, 4) is 0 Å². The molecular formula is C10H22N2. The van der Waals surface area contributed by atoms with E-state index in [1.165, 1.54) is 25.7 Å². The smallest absolute Gasteiger partial charge is 0.0132 e. The van der Waals surface area contributed by atoms with Gasteiger partial charge >= 0.3 is 0 Å². The summed E-state index contributed by atoms with van der Waals surface area (Å²) in [6.07, 6.45) is 5.41. The molecule has 0 saturated heterocycles. The molecule has 0 aromatic rings. The zero-order chi connectivity index (χ0) is 9.14. The van der Waals surface area contributed by atoms with E-state index >= 15 is 0 Å². The summed E-state index contributed by atoms with van der Waals surface area (Å²) in [4.78, 5) is 2.34. The molecule has 0 aliphatic heterocycles. The van der Waals surface area contributed by atoms with Crippen LogP contribution in [0.2, 0.25) is 0 Å². The van der Waals surface area contributed by atoms with Crippen molar-refractivity contribution in [1.29, 1.82) is 0 Å². The monoisotopic (exact) mass is 170 g/mol. The predicted molar refractivity (Wildman–Crippen MR) is 53.1 cm³/mol. The maximum absolute atomic E-state index is 5.97. The van der Waals surface area contributed by atoms with Gasteiger partial charge in [-0.1, -0.05) is 12.8 Å². The summed E-state index contributed by atoms with van der Waals surface area (Å²) < 4.78 is 0. The topological polar surface area (TPSA) is 29.3 Å². The molecule has 0 aromatic heterocycles. The molecular weight excluding hydrogens is 148 g/mol. The molecule has 1 rings (SSSR count). The van der Waals surface area contributed by atoms with Crippen LogP contribution >= 0.6 is 0 Å². The van der Waals surface area contributed by atoms with E-state index in [2.05, 4.69) is 25.9 Å². The molecule has 3 atom stereocenters. The highest BCUT2D eigenvalue weighted by Crippen LogP contribution is 2.28. The van der Waals surface area contributed by atoms with Crippen molar-refractivity contribution in [2.45, 2.75) is 44.7 Å². The summed E-state index contributed by atoms with van der Waals surface area (Å²) in [5, 5.41) is 0. The van der Waals surface area contributed by atoms with Crippen molar-refractivity contribution in [3.05, 3.63) is 0 Å².